The molecule has 4 heteroatoms. The van der Waals surface area contributed by atoms with Gasteiger partial charge in [0.2, 0.25) is 5.91 Å². The molecule has 3 N–H and O–H groups in total. The maximum absolute atomic E-state index is 11.4. The van der Waals surface area contributed by atoms with Crippen molar-refractivity contribution in [3.63, 3.8) is 0 Å². The van der Waals surface area contributed by atoms with Gasteiger partial charge < -0.3 is 5.73 Å². The summed E-state index contributed by atoms with van der Waals surface area (Å²) < 4.78 is 0. The van der Waals surface area contributed by atoms with Gasteiger partial charge in [0.15, 0.2) is 0 Å². The molecule has 1 aromatic rings. The first-order chi connectivity index (χ1) is 6.77. The summed E-state index contributed by atoms with van der Waals surface area (Å²) in [6.45, 7) is 0. The van der Waals surface area contributed by atoms with Crippen molar-refractivity contribution in [3.8, 4) is 0 Å². The third-order valence-electron chi connectivity index (χ3n) is 2.26. The first-order valence-corrected chi connectivity index (χ1v) is 4.44. The predicted molar refractivity (Wildman–Crippen MR) is 54.8 cm³/mol. The van der Waals surface area contributed by atoms with Crippen molar-refractivity contribution in [1.29, 1.82) is 0 Å². The molecule has 0 bridgehead atoms. The van der Waals surface area contributed by atoms with Crippen LogP contribution in [0.2, 0.25) is 0 Å². The zero-order valence-electron chi connectivity index (χ0n) is 7.60. The van der Waals surface area contributed by atoms with E-state index in [1.807, 2.05) is 12.1 Å². The molecule has 1 amide bonds. The molecule has 0 saturated carbocycles. The summed E-state index contributed by atoms with van der Waals surface area (Å²) in [7, 11) is 0. The van der Waals surface area contributed by atoms with Crippen LogP contribution in [0, 0.1) is 0 Å². The number of anilines is 1. The number of nitrogen functional groups attached to an aromatic ring is 1. The van der Waals surface area contributed by atoms with E-state index < -0.39 is 0 Å². The van der Waals surface area contributed by atoms with Gasteiger partial charge >= 0.3 is 0 Å². The van der Waals surface area contributed by atoms with Gasteiger partial charge in [0.1, 0.15) is 0 Å². The van der Waals surface area contributed by atoms with E-state index in [1.165, 1.54) is 0 Å². The number of benzene rings is 1. The Bertz CT molecular complexity index is 369. The van der Waals surface area contributed by atoms with Gasteiger partial charge in [-0.3, -0.25) is 4.79 Å². The monoisotopic (exact) mass is 189 g/mol. The highest BCUT2D eigenvalue weighted by atomic mass is 16.2. The molecule has 0 radical (unpaired) electrons. The Morgan fingerprint density at radius 3 is 2.71 bits per heavy atom. The SMILES string of the molecule is Nc1ccc(C2CC=NNC2=O)cc1. The third kappa shape index (κ3) is 1.59. The first-order valence-electron chi connectivity index (χ1n) is 4.44. The average Bonchev–Trinajstić information content (AvgIpc) is 2.20. The molecule has 1 atom stereocenters. The highest BCUT2D eigenvalue weighted by Gasteiger charge is 2.21. The largest absolute Gasteiger partial charge is 0.399 e. The minimum atomic E-state index is -0.131. The molecular weight excluding hydrogens is 178 g/mol. The van der Waals surface area contributed by atoms with E-state index in [0.717, 1.165) is 5.56 Å². The number of nitrogens with two attached hydrogens (primary N) is 1. The first kappa shape index (κ1) is 8.74. The average molecular weight is 189 g/mol. The molecule has 0 aliphatic carbocycles. The standard InChI is InChI=1S/C10H11N3O/c11-8-3-1-7(2-4-8)9-5-6-12-13-10(9)14/h1-4,6,9H,5,11H2,(H,13,14). The van der Waals surface area contributed by atoms with Gasteiger partial charge in [-0.1, -0.05) is 12.1 Å². The summed E-state index contributed by atoms with van der Waals surface area (Å²) in [6, 6.07) is 7.35. The lowest BCUT2D eigenvalue weighted by Crippen LogP contribution is -2.29. The molecule has 0 saturated heterocycles. The van der Waals surface area contributed by atoms with Crippen LogP contribution in [0.15, 0.2) is 29.4 Å². The second-order valence-electron chi connectivity index (χ2n) is 3.24. The molecule has 0 fully saturated rings. The summed E-state index contributed by atoms with van der Waals surface area (Å²) in [6.07, 6.45) is 2.36. The number of hydrogen-bond donors (Lipinski definition) is 2. The fourth-order valence-corrected chi connectivity index (χ4v) is 1.47. The number of amides is 1. The Morgan fingerprint density at radius 1 is 1.36 bits per heavy atom. The molecule has 1 heterocycles. The predicted octanol–water partition coefficient (Wildman–Crippen LogP) is 0.858. The van der Waals surface area contributed by atoms with Crippen molar-refractivity contribution < 1.29 is 4.79 Å². The van der Waals surface area contributed by atoms with Crippen molar-refractivity contribution in [2.24, 2.45) is 5.10 Å². The smallest absolute Gasteiger partial charge is 0.247 e. The minimum absolute atomic E-state index is 0.0581. The van der Waals surface area contributed by atoms with E-state index in [1.54, 1.807) is 18.3 Å². The van der Waals surface area contributed by atoms with E-state index in [-0.39, 0.29) is 11.8 Å². The number of carbonyl (C=O) groups excluding carboxylic acids is 1. The van der Waals surface area contributed by atoms with Crippen LogP contribution < -0.4 is 11.2 Å². The van der Waals surface area contributed by atoms with Crippen LogP contribution in [-0.4, -0.2) is 12.1 Å². The lowest BCUT2D eigenvalue weighted by Gasteiger charge is -2.16. The van der Waals surface area contributed by atoms with E-state index in [0.29, 0.717) is 12.1 Å². The second kappa shape index (κ2) is 3.49. The van der Waals surface area contributed by atoms with Gasteiger partial charge in [-0.25, -0.2) is 5.43 Å². The van der Waals surface area contributed by atoms with Crippen LogP contribution in [0.3, 0.4) is 0 Å². The van der Waals surface area contributed by atoms with Gasteiger partial charge in [-0.2, -0.15) is 5.10 Å². The summed E-state index contributed by atoms with van der Waals surface area (Å²) in [5.41, 5.74) is 9.69. The second-order valence-corrected chi connectivity index (χ2v) is 3.24. The zero-order chi connectivity index (χ0) is 9.97. The molecule has 1 aliphatic rings. The van der Waals surface area contributed by atoms with Crippen molar-refractivity contribution in [1.82, 2.24) is 5.43 Å². The summed E-state index contributed by atoms with van der Waals surface area (Å²) in [5, 5.41) is 3.70. The highest BCUT2D eigenvalue weighted by Crippen LogP contribution is 2.21. The molecule has 0 aromatic heterocycles. The summed E-state index contributed by atoms with van der Waals surface area (Å²) in [4.78, 5) is 11.4. The lowest BCUT2D eigenvalue weighted by atomic mass is 9.95. The Balaban J connectivity index is 2.26. The Kier molecular flexibility index (Phi) is 2.18. The van der Waals surface area contributed by atoms with Crippen LogP contribution >= 0.6 is 0 Å². The quantitative estimate of drug-likeness (QED) is 0.643. The number of nitrogens with zero attached hydrogens (tertiary/aromatic N) is 1. The zero-order valence-corrected chi connectivity index (χ0v) is 7.60. The number of rotatable bonds is 1. The minimum Gasteiger partial charge on any atom is -0.399 e. The highest BCUT2D eigenvalue weighted by molar-refractivity contribution is 5.89. The fraction of sp³-hybridized carbons (Fsp3) is 0.200. The maximum Gasteiger partial charge on any atom is 0.247 e. The molecule has 1 aliphatic heterocycles. The van der Waals surface area contributed by atoms with Crippen molar-refractivity contribution >= 4 is 17.8 Å². The van der Waals surface area contributed by atoms with Crippen LogP contribution in [0.1, 0.15) is 17.9 Å². The molecule has 72 valence electrons. The van der Waals surface area contributed by atoms with Gasteiger partial charge in [0.25, 0.3) is 0 Å². The van der Waals surface area contributed by atoms with E-state index in [9.17, 15) is 4.79 Å². The number of carbonyl (C=O) groups is 1. The molecule has 14 heavy (non-hydrogen) atoms. The van der Waals surface area contributed by atoms with Gasteiger partial charge in [0, 0.05) is 18.3 Å². The summed E-state index contributed by atoms with van der Waals surface area (Å²) in [5.74, 6) is -0.189. The van der Waals surface area contributed by atoms with Crippen LogP contribution in [0.4, 0.5) is 5.69 Å². The third-order valence-corrected chi connectivity index (χ3v) is 2.26. The summed E-state index contributed by atoms with van der Waals surface area (Å²) >= 11 is 0. The molecule has 4 nitrogen and oxygen atoms in total. The van der Waals surface area contributed by atoms with E-state index in [2.05, 4.69) is 10.5 Å². The molecule has 0 spiro atoms. The van der Waals surface area contributed by atoms with Crippen LogP contribution in [-0.2, 0) is 4.79 Å². The molecule has 2 rings (SSSR count). The van der Waals surface area contributed by atoms with Crippen molar-refractivity contribution in [2.75, 3.05) is 5.73 Å². The Labute approximate surface area is 81.8 Å². The van der Waals surface area contributed by atoms with Gasteiger partial charge in [-0.05, 0) is 17.7 Å². The topological polar surface area (TPSA) is 67.5 Å². The molecule has 1 unspecified atom stereocenters. The lowest BCUT2D eigenvalue weighted by molar-refractivity contribution is -0.122. The van der Waals surface area contributed by atoms with E-state index >= 15 is 0 Å². The number of hydrogen-bond acceptors (Lipinski definition) is 3. The van der Waals surface area contributed by atoms with Crippen molar-refractivity contribution in [3.05, 3.63) is 29.8 Å². The van der Waals surface area contributed by atoms with Crippen molar-refractivity contribution in [2.45, 2.75) is 12.3 Å². The molecule has 1 aromatic carbocycles. The number of nitrogens with one attached hydrogen (secondary N) is 1. The van der Waals surface area contributed by atoms with E-state index in [4.69, 9.17) is 5.73 Å². The van der Waals surface area contributed by atoms with Gasteiger partial charge in [0.05, 0.1) is 5.92 Å². The van der Waals surface area contributed by atoms with Gasteiger partial charge in [-0.15, -0.1) is 0 Å². The molecular formula is C10H11N3O. The van der Waals surface area contributed by atoms with Crippen LogP contribution in [0.5, 0.6) is 0 Å². The Hall–Kier alpha value is -1.84. The number of hydrazone groups is 1. The maximum atomic E-state index is 11.4. The van der Waals surface area contributed by atoms with Crippen LogP contribution in [0.25, 0.3) is 0 Å². The Morgan fingerprint density at radius 2 is 2.07 bits per heavy atom. The normalized spacial score (nSPS) is 20.6. The fourth-order valence-electron chi connectivity index (χ4n) is 1.47.